The molecule has 3 N–H and O–H groups in total. The number of nitrogens with zero attached hydrogens (tertiary/aromatic N) is 2. The maximum Gasteiger partial charge on any atom is 0.263 e. The fraction of sp³-hybridized carbons (Fsp3) is 0.105. The van der Waals surface area contributed by atoms with Gasteiger partial charge in [-0.15, -0.1) is 0 Å². The number of aryl methyl sites for hydroxylation is 2. The van der Waals surface area contributed by atoms with Gasteiger partial charge in [0, 0.05) is 22.5 Å². The molecule has 0 fully saturated rings. The average molecular weight is 482 g/mol. The van der Waals surface area contributed by atoms with E-state index < -0.39 is 10.0 Å². The lowest BCUT2D eigenvalue weighted by Crippen LogP contribution is -2.19. The van der Waals surface area contributed by atoms with Crippen molar-refractivity contribution in [1.29, 1.82) is 0 Å². The molecule has 11 heteroatoms. The van der Waals surface area contributed by atoms with Crippen molar-refractivity contribution < 1.29 is 8.42 Å². The number of anilines is 3. The fourth-order valence-electron chi connectivity index (χ4n) is 2.56. The smallest absolute Gasteiger partial charge is 0.263 e. The molecule has 0 radical (unpaired) electrons. The van der Waals surface area contributed by atoms with Gasteiger partial charge in [-0.1, -0.05) is 23.2 Å². The highest BCUT2D eigenvalue weighted by Crippen LogP contribution is 2.25. The minimum Gasteiger partial charge on any atom is -0.332 e. The van der Waals surface area contributed by atoms with Crippen molar-refractivity contribution in [3.8, 4) is 0 Å². The molecule has 0 aliphatic rings. The van der Waals surface area contributed by atoms with Crippen molar-refractivity contribution in [3.63, 3.8) is 0 Å². The Bertz CT molecular complexity index is 1180. The molecule has 0 amide bonds. The molecule has 156 valence electrons. The molecule has 0 aliphatic heterocycles. The van der Waals surface area contributed by atoms with E-state index >= 15 is 0 Å². The highest BCUT2D eigenvalue weighted by molar-refractivity contribution is 7.92. The van der Waals surface area contributed by atoms with Gasteiger partial charge in [0.25, 0.3) is 10.0 Å². The van der Waals surface area contributed by atoms with E-state index in [1.807, 2.05) is 0 Å². The van der Waals surface area contributed by atoms with Crippen molar-refractivity contribution in [1.82, 2.24) is 9.97 Å². The highest BCUT2D eigenvalue weighted by atomic mass is 35.5. The molecular formula is C19H17Cl2N5O2S2. The number of hydrogen-bond donors (Lipinski definition) is 3. The molecular weight excluding hydrogens is 465 g/mol. The van der Waals surface area contributed by atoms with Crippen LogP contribution in [-0.2, 0) is 10.0 Å². The van der Waals surface area contributed by atoms with Gasteiger partial charge in [0.2, 0.25) is 0 Å². The van der Waals surface area contributed by atoms with Crippen LogP contribution in [0.3, 0.4) is 0 Å². The highest BCUT2D eigenvalue weighted by Gasteiger charge is 2.15. The van der Waals surface area contributed by atoms with Gasteiger partial charge < -0.3 is 10.6 Å². The van der Waals surface area contributed by atoms with Crippen LogP contribution < -0.4 is 15.4 Å². The lowest BCUT2D eigenvalue weighted by molar-refractivity contribution is 0.601. The number of hydrogen-bond acceptors (Lipinski definition) is 5. The molecule has 0 saturated heterocycles. The standard InChI is InChI=1S/C19H17Cl2N5O2S2/c1-11-9-18(23-12(2)22-11)26-30(27,28)15-6-4-14(5-7-15)24-19(29)25-17-8-3-13(20)10-16(17)21/h3-10H,1-2H3,(H,22,23,26)(H2,24,25,29). The predicted molar refractivity (Wildman–Crippen MR) is 125 cm³/mol. The third kappa shape index (κ3) is 5.79. The predicted octanol–water partition coefficient (Wildman–Crippen LogP) is 5.01. The van der Waals surface area contributed by atoms with Crippen molar-refractivity contribution in [2.45, 2.75) is 18.7 Å². The molecule has 0 aliphatic carbocycles. The summed E-state index contributed by atoms with van der Waals surface area (Å²) in [7, 11) is -3.80. The van der Waals surface area contributed by atoms with Crippen LogP contribution in [0, 0.1) is 13.8 Å². The first-order chi connectivity index (χ1) is 14.1. The van der Waals surface area contributed by atoms with E-state index in [4.69, 9.17) is 35.4 Å². The molecule has 7 nitrogen and oxygen atoms in total. The van der Waals surface area contributed by atoms with Gasteiger partial charge in [-0.2, -0.15) is 0 Å². The maximum absolute atomic E-state index is 12.6. The molecule has 2 aromatic carbocycles. The van der Waals surface area contributed by atoms with Crippen molar-refractivity contribution in [2.75, 3.05) is 15.4 Å². The van der Waals surface area contributed by atoms with Crippen LogP contribution in [-0.4, -0.2) is 23.5 Å². The van der Waals surface area contributed by atoms with Gasteiger partial charge in [0.1, 0.15) is 11.6 Å². The minimum atomic E-state index is -3.80. The van der Waals surface area contributed by atoms with Gasteiger partial charge in [-0.05, 0) is 68.5 Å². The van der Waals surface area contributed by atoms with Crippen LogP contribution in [0.5, 0.6) is 0 Å². The van der Waals surface area contributed by atoms with E-state index in [0.29, 0.717) is 38.1 Å². The van der Waals surface area contributed by atoms with Crippen LogP contribution >= 0.6 is 35.4 Å². The fourth-order valence-corrected chi connectivity index (χ4v) is 4.23. The number of aromatic nitrogens is 2. The SMILES string of the molecule is Cc1cc(NS(=O)(=O)c2ccc(NC(=S)Nc3ccc(Cl)cc3Cl)cc2)nc(C)n1. The summed E-state index contributed by atoms with van der Waals surface area (Å²) >= 11 is 17.3. The molecule has 0 spiro atoms. The Kier molecular flexibility index (Phi) is 6.77. The van der Waals surface area contributed by atoms with Crippen molar-refractivity contribution >= 4 is 67.7 Å². The second-order valence-electron chi connectivity index (χ2n) is 6.27. The summed E-state index contributed by atoms with van der Waals surface area (Å²) in [5, 5.41) is 7.16. The van der Waals surface area contributed by atoms with Crippen molar-refractivity contribution in [3.05, 3.63) is 70.1 Å². The van der Waals surface area contributed by atoms with Crippen LogP contribution in [0.2, 0.25) is 10.0 Å². The summed E-state index contributed by atoms with van der Waals surface area (Å²) in [6.07, 6.45) is 0. The number of benzene rings is 2. The quantitative estimate of drug-likeness (QED) is 0.440. The molecule has 0 unspecified atom stereocenters. The summed E-state index contributed by atoms with van der Waals surface area (Å²) in [6.45, 7) is 3.46. The number of thiocarbonyl (C=S) groups is 1. The first-order valence-electron chi connectivity index (χ1n) is 8.60. The molecule has 30 heavy (non-hydrogen) atoms. The summed E-state index contributed by atoms with van der Waals surface area (Å²) < 4.78 is 27.7. The van der Waals surface area contributed by atoms with Gasteiger partial charge >= 0.3 is 0 Å². The number of rotatable bonds is 5. The Morgan fingerprint density at radius 2 is 1.67 bits per heavy atom. The Labute approximate surface area is 189 Å². The van der Waals surface area contributed by atoms with E-state index in [0.717, 1.165) is 0 Å². The average Bonchev–Trinajstić information content (AvgIpc) is 2.63. The maximum atomic E-state index is 12.6. The molecule has 3 aromatic rings. The van der Waals surface area contributed by atoms with E-state index in [1.165, 1.54) is 12.1 Å². The zero-order valence-electron chi connectivity index (χ0n) is 15.9. The minimum absolute atomic E-state index is 0.0848. The lowest BCUT2D eigenvalue weighted by atomic mass is 10.3. The van der Waals surface area contributed by atoms with Crippen LogP contribution in [0.1, 0.15) is 11.5 Å². The second-order valence-corrected chi connectivity index (χ2v) is 9.21. The van der Waals surface area contributed by atoms with E-state index in [9.17, 15) is 8.42 Å². The summed E-state index contributed by atoms with van der Waals surface area (Å²) in [5.41, 5.74) is 1.87. The third-order valence-corrected chi connectivity index (χ3v) is 5.93. The lowest BCUT2D eigenvalue weighted by Gasteiger charge is -2.13. The zero-order valence-corrected chi connectivity index (χ0v) is 19.0. The topological polar surface area (TPSA) is 96.0 Å². The third-order valence-electron chi connectivity index (χ3n) is 3.81. The van der Waals surface area contributed by atoms with Crippen LogP contribution in [0.25, 0.3) is 0 Å². The number of halogens is 2. The Balaban J connectivity index is 1.68. The molecule has 0 bridgehead atoms. The first-order valence-corrected chi connectivity index (χ1v) is 11.3. The van der Waals surface area contributed by atoms with Crippen molar-refractivity contribution in [2.24, 2.45) is 0 Å². The van der Waals surface area contributed by atoms with Gasteiger partial charge in [-0.3, -0.25) is 4.72 Å². The monoisotopic (exact) mass is 481 g/mol. The molecule has 0 atom stereocenters. The number of sulfonamides is 1. The molecule has 1 heterocycles. The Morgan fingerprint density at radius 1 is 0.967 bits per heavy atom. The second kappa shape index (κ2) is 9.13. The van der Waals surface area contributed by atoms with E-state index in [1.54, 1.807) is 50.2 Å². The van der Waals surface area contributed by atoms with E-state index in [2.05, 4.69) is 25.3 Å². The zero-order chi connectivity index (χ0) is 21.9. The molecule has 1 aromatic heterocycles. The van der Waals surface area contributed by atoms with Gasteiger partial charge in [-0.25, -0.2) is 18.4 Å². The van der Waals surface area contributed by atoms with Gasteiger partial charge in [0.15, 0.2) is 5.11 Å². The Hall–Kier alpha value is -2.46. The first kappa shape index (κ1) is 22.2. The van der Waals surface area contributed by atoms with Gasteiger partial charge in [0.05, 0.1) is 15.6 Å². The summed E-state index contributed by atoms with van der Waals surface area (Å²) in [4.78, 5) is 8.31. The largest absolute Gasteiger partial charge is 0.332 e. The normalized spacial score (nSPS) is 11.1. The van der Waals surface area contributed by atoms with E-state index in [-0.39, 0.29) is 10.7 Å². The molecule has 0 saturated carbocycles. The number of nitrogens with one attached hydrogen (secondary N) is 3. The Morgan fingerprint density at radius 3 is 2.30 bits per heavy atom. The van der Waals surface area contributed by atoms with Crippen LogP contribution in [0.15, 0.2) is 53.4 Å². The molecule has 3 rings (SSSR count). The summed E-state index contributed by atoms with van der Waals surface area (Å²) in [6, 6.07) is 12.7. The van der Waals surface area contributed by atoms with Crippen LogP contribution in [0.4, 0.5) is 17.2 Å². The summed E-state index contributed by atoms with van der Waals surface area (Å²) in [5.74, 6) is 0.696.